The number of aliphatic hydroxyl groups excluding tert-OH is 1. The van der Waals surface area contributed by atoms with E-state index < -0.39 is 22.0 Å². The van der Waals surface area contributed by atoms with Gasteiger partial charge in [0, 0.05) is 11.8 Å². The molecule has 5 nitrogen and oxygen atoms in total. The molecule has 6 heteroatoms. The zero-order valence-electron chi connectivity index (χ0n) is 14.9. The molecule has 1 N–H and O–H groups in total. The summed E-state index contributed by atoms with van der Waals surface area (Å²) in [6.07, 6.45) is 7.16. The van der Waals surface area contributed by atoms with Gasteiger partial charge >= 0.3 is 0 Å². The van der Waals surface area contributed by atoms with Crippen LogP contribution in [0.25, 0.3) is 0 Å². The second-order valence-corrected chi connectivity index (χ2v) is 10.1. The number of amides is 1. The predicted molar refractivity (Wildman–Crippen MR) is 92.6 cm³/mol. The molecular formula is C18H29NO4S. The van der Waals surface area contributed by atoms with Crippen LogP contribution >= 0.6 is 0 Å². The Morgan fingerprint density at radius 3 is 2.71 bits per heavy atom. The van der Waals surface area contributed by atoms with Gasteiger partial charge in [0.1, 0.15) is 6.10 Å². The van der Waals surface area contributed by atoms with Crippen molar-refractivity contribution in [3.63, 3.8) is 0 Å². The Labute approximate surface area is 145 Å². The van der Waals surface area contributed by atoms with Gasteiger partial charge in [-0.2, -0.15) is 0 Å². The number of unbranched alkanes of at least 4 members (excludes halogenated alkanes) is 1. The zero-order chi connectivity index (χ0) is 17.8. The van der Waals surface area contributed by atoms with E-state index in [0.29, 0.717) is 5.92 Å². The van der Waals surface area contributed by atoms with Crippen LogP contribution in [0.4, 0.5) is 0 Å². The van der Waals surface area contributed by atoms with Crippen molar-refractivity contribution in [3.8, 4) is 0 Å². The standard InChI is InChI=1S/C18H29NO4S/c1-4-5-6-7-8-14(20)16(21)19-15-11-13-9-10-18(15,17(13,2)3)12-24(19,22)23/h6-7,13-15,20H,4-5,8-12H2,1-3H3/b7-6+/t13-,14-,15-,18-/m1/s1. The van der Waals surface area contributed by atoms with Crippen molar-refractivity contribution >= 4 is 15.9 Å². The number of nitrogens with zero attached hydrogens (tertiary/aromatic N) is 1. The van der Waals surface area contributed by atoms with E-state index >= 15 is 0 Å². The maximum atomic E-state index is 12.7. The third kappa shape index (κ3) is 2.37. The summed E-state index contributed by atoms with van der Waals surface area (Å²) in [7, 11) is -3.64. The van der Waals surface area contributed by atoms with E-state index in [1.807, 2.05) is 6.08 Å². The highest BCUT2D eigenvalue weighted by molar-refractivity contribution is 7.90. The van der Waals surface area contributed by atoms with Crippen molar-refractivity contribution in [3.05, 3.63) is 12.2 Å². The van der Waals surface area contributed by atoms with Gasteiger partial charge in [-0.3, -0.25) is 4.79 Å². The molecule has 2 bridgehead atoms. The molecule has 24 heavy (non-hydrogen) atoms. The molecular weight excluding hydrogens is 326 g/mol. The molecule has 1 spiro atoms. The van der Waals surface area contributed by atoms with Crippen LogP contribution < -0.4 is 0 Å². The summed E-state index contributed by atoms with van der Waals surface area (Å²) in [5, 5.41) is 10.2. The van der Waals surface area contributed by atoms with Crippen molar-refractivity contribution in [1.82, 2.24) is 4.31 Å². The lowest BCUT2D eigenvalue weighted by atomic mass is 9.69. The molecule has 1 heterocycles. The quantitative estimate of drug-likeness (QED) is 0.769. The van der Waals surface area contributed by atoms with Crippen LogP contribution in [-0.2, 0) is 14.8 Å². The zero-order valence-corrected chi connectivity index (χ0v) is 15.7. The van der Waals surface area contributed by atoms with E-state index in [1.54, 1.807) is 6.08 Å². The first-order valence-corrected chi connectivity index (χ1v) is 10.7. The van der Waals surface area contributed by atoms with Crippen LogP contribution in [0, 0.1) is 16.7 Å². The van der Waals surface area contributed by atoms with Crippen LogP contribution in [0.2, 0.25) is 0 Å². The Bertz CT molecular complexity index is 654. The van der Waals surface area contributed by atoms with Crippen molar-refractivity contribution < 1.29 is 18.3 Å². The Balaban J connectivity index is 1.82. The van der Waals surface area contributed by atoms with E-state index in [2.05, 4.69) is 20.8 Å². The van der Waals surface area contributed by atoms with Gasteiger partial charge in [-0.1, -0.05) is 39.3 Å². The summed E-state index contributed by atoms with van der Waals surface area (Å²) in [5.41, 5.74) is -0.393. The number of allylic oxidation sites excluding steroid dienone is 1. The second-order valence-electron chi connectivity index (χ2n) is 8.27. The maximum absolute atomic E-state index is 12.7. The molecule has 4 atom stereocenters. The van der Waals surface area contributed by atoms with Gasteiger partial charge in [0.05, 0.1) is 11.8 Å². The first-order chi connectivity index (χ1) is 11.2. The average Bonchev–Trinajstić information content (AvgIpc) is 2.97. The summed E-state index contributed by atoms with van der Waals surface area (Å²) in [6, 6.07) is -0.266. The average molecular weight is 356 g/mol. The predicted octanol–water partition coefficient (Wildman–Crippen LogP) is 2.46. The normalized spacial score (nSPS) is 37.1. The highest BCUT2D eigenvalue weighted by Crippen LogP contribution is 2.70. The number of aliphatic hydroxyl groups is 1. The van der Waals surface area contributed by atoms with E-state index in [1.165, 1.54) is 0 Å². The molecule has 2 aliphatic carbocycles. The largest absolute Gasteiger partial charge is 0.383 e. The fraction of sp³-hybridized carbons (Fsp3) is 0.833. The van der Waals surface area contributed by atoms with Gasteiger partial charge in [-0.15, -0.1) is 0 Å². The Morgan fingerprint density at radius 1 is 1.38 bits per heavy atom. The topological polar surface area (TPSA) is 74.7 Å². The minimum absolute atomic E-state index is 0.0539. The fourth-order valence-electron chi connectivity index (χ4n) is 5.34. The van der Waals surface area contributed by atoms with Gasteiger partial charge in [-0.25, -0.2) is 12.7 Å². The monoisotopic (exact) mass is 355 g/mol. The van der Waals surface area contributed by atoms with Crippen molar-refractivity contribution in [1.29, 1.82) is 0 Å². The van der Waals surface area contributed by atoms with Crippen LogP contribution in [0.5, 0.6) is 0 Å². The molecule has 1 amide bonds. The first kappa shape index (κ1) is 17.9. The SMILES string of the molecule is CCC/C=C/C[C@@H](O)C(=O)N1[C@@H]2C[C@H]3CC[C@]2(CS1(=O)=O)C3(C)C. The molecule has 1 saturated heterocycles. The van der Waals surface area contributed by atoms with E-state index in [0.717, 1.165) is 36.4 Å². The third-order valence-electron chi connectivity index (χ3n) is 6.89. The summed E-state index contributed by atoms with van der Waals surface area (Å²) in [6.45, 7) is 6.36. The fourth-order valence-corrected chi connectivity index (χ4v) is 7.91. The summed E-state index contributed by atoms with van der Waals surface area (Å²) >= 11 is 0. The van der Waals surface area contributed by atoms with Crippen LogP contribution in [0.1, 0.15) is 59.3 Å². The summed E-state index contributed by atoms with van der Waals surface area (Å²) in [4.78, 5) is 12.7. The van der Waals surface area contributed by atoms with E-state index in [9.17, 15) is 18.3 Å². The molecule has 2 saturated carbocycles. The lowest BCUT2D eigenvalue weighted by molar-refractivity contribution is -0.137. The molecule has 0 aromatic heterocycles. The second kappa shape index (κ2) is 5.84. The Hall–Kier alpha value is -0.880. The Morgan fingerprint density at radius 2 is 2.08 bits per heavy atom. The van der Waals surface area contributed by atoms with Crippen molar-refractivity contribution in [2.45, 2.75) is 71.4 Å². The van der Waals surface area contributed by atoms with Crippen molar-refractivity contribution in [2.75, 3.05) is 5.75 Å². The molecule has 3 fully saturated rings. The molecule has 3 aliphatic rings. The maximum Gasteiger partial charge on any atom is 0.265 e. The summed E-state index contributed by atoms with van der Waals surface area (Å²) in [5.74, 6) is -0.116. The molecule has 0 aromatic rings. The molecule has 136 valence electrons. The van der Waals surface area contributed by atoms with Crippen LogP contribution in [0.15, 0.2) is 12.2 Å². The highest BCUT2D eigenvalue weighted by Gasteiger charge is 2.72. The third-order valence-corrected chi connectivity index (χ3v) is 8.81. The van der Waals surface area contributed by atoms with Crippen molar-refractivity contribution in [2.24, 2.45) is 16.7 Å². The number of rotatable bonds is 5. The molecule has 0 radical (unpaired) electrons. The van der Waals surface area contributed by atoms with Crippen LogP contribution in [-0.4, -0.2) is 41.6 Å². The minimum atomic E-state index is -3.64. The number of hydrogen-bond donors (Lipinski definition) is 1. The lowest BCUT2D eigenvalue weighted by Crippen LogP contribution is -2.47. The first-order valence-electron chi connectivity index (χ1n) is 9.06. The van der Waals surface area contributed by atoms with Crippen LogP contribution in [0.3, 0.4) is 0 Å². The number of fused-ring (bicyclic) bond motifs is 1. The number of hydrogen-bond acceptors (Lipinski definition) is 4. The smallest absolute Gasteiger partial charge is 0.265 e. The van der Waals surface area contributed by atoms with Gasteiger partial charge in [0.25, 0.3) is 5.91 Å². The number of sulfonamides is 1. The van der Waals surface area contributed by atoms with Gasteiger partial charge in [-0.05, 0) is 37.0 Å². The molecule has 1 aliphatic heterocycles. The van der Waals surface area contributed by atoms with E-state index in [-0.39, 0.29) is 29.0 Å². The molecule has 0 aromatic carbocycles. The van der Waals surface area contributed by atoms with Gasteiger partial charge < -0.3 is 5.11 Å². The van der Waals surface area contributed by atoms with Gasteiger partial charge in [0.2, 0.25) is 10.0 Å². The lowest BCUT2D eigenvalue weighted by Gasteiger charge is -2.37. The van der Waals surface area contributed by atoms with Gasteiger partial charge in [0.15, 0.2) is 0 Å². The number of carbonyl (C=O) groups is 1. The van der Waals surface area contributed by atoms with E-state index in [4.69, 9.17) is 0 Å². The minimum Gasteiger partial charge on any atom is -0.383 e. The summed E-state index contributed by atoms with van der Waals surface area (Å²) < 4.78 is 26.5. The highest BCUT2D eigenvalue weighted by atomic mass is 32.2. The molecule has 3 rings (SSSR count). The molecule has 0 unspecified atom stereocenters. The Kier molecular flexibility index (Phi) is 4.36. The number of carbonyl (C=O) groups excluding carboxylic acids is 1.